The molecule has 0 aromatic heterocycles. The fourth-order valence-electron chi connectivity index (χ4n) is 4.61. The number of hydrogen-bond acceptors (Lipinski definition) is 2. The number of rotatable bonds is 8. The van der Waals surface area contributed by atoms with E-state index >= 15 is 0 Å². The number of ether oxygens (including phenoxy) is 1. The Morgan fingerprint density at radius 3 is 2.17 bits per heavy atom. The molecule has 2 heteroatoms. The van der Waals surface area contributed by atoms with Crippen LogP contribution < -0.4 is 0 Å². The fraction of sp³-hybridized carbons (Fsp3) is 0.952. The van der Waals surface area contributed by atoms with Gasteiger partial charge in [0, 0.05) is 6.61 Å². The lowest BCUT2D eigenvalue weighted by Crippen LogP contribution is -2.31. The van der Waals surface area contributed by atoms with Crippen molar-refractivity contribution in [1.29, 1.82) is 5.26 Å². The zero-order chi connectivity index (χ0) is 16.5. The lowest BCUT2D eigenvalue weighted by Gasteiger charge is -2.36. The highest BCUT2D eigenvalue weighted by atomic mass is 16.5. The van der Waals surface area contributed by atoms with Crippen LogP contribution in [0, 0.1) is 28.6 Å². The minimum atomic E-state index is -0.0336. The van der Waals surface area contributed by atoms with Gasteiger partial charge in [-0.05, 0) is 56.8 Å². The standard InChI is InChI=1S/C21H37NO/c1-3-5-13-21(17-22)14-11-20(12-15-21)23-16-19-9-7-18(6-4-2)8-10-19/h18-20H,3-16H2,1-2H3/t18-,19-,20-,21-. The summed E-state index contributed by atoms with van der Waals surface area (Å²) < 4.78 is 6.25. The highest BCUT2D eigenvalue weighted by molar-refractivity contribution is 5.01. The maximum absolute atomic E-state index is 9.57. The molecule has 0 spiro atoms. The summed E-state index contributed by atoms with van der Waals surface area (Å²) in [7, 11) is 0. The largest absolute Gasteiger partial charge is 0.378 e. The molecule has 0 aromatic rings. The predicted octanol–water partition coefficient (Wildman–Crippen LogP) is 6.25. The number of unbranched alkanes of at least 4 members (excludes halogenated alkanes) is 1. The van der Waals surface area contributed by atoms with E-state index in [-0.39, 0.29) is 5.41 Å². The topological polar surface area (TPSA) is 33.0 Å². The molecule has 0 bridgehead atoms. The minimum Gasteiger partial charge on any atom is -0.378 e. The van der Waals surface area contributed by atoms with Crippen molar-refractivity contribution in [2.45, 2.75) is 103 Å². The summed E-state index contributed by atoms with van der Waals surface area (Å²) in [5, 5.41) is 9.57. The molecule has 0 unspecified atom stereocenters. The summed E-state index contributed by atoms with van der Waals surface area (Å²) in [5.41, 5.74) is -0.0336. The highest BCUT2D eigenvalue weighted by Crippen LogP contribution is 2.41. The predicted molar refractivity (Wildman–Crippen MR) is 96.1 cm³/mol. The van der Waals surface area contributed by atoms with Crippen molar-refractivity contribution in [2.24, 2.45) is 17.3 Å². The number of hydrogen-bond donors (Lipinski definition) is 0. The molecule has 0 aliphatic heterocycles. The van der Waals surface area contributed by atoms with Crippen LogP contribution in [0.5, 0.6) is 0 Å². The third kappa shape index (κ3) is 5.79. The third-order valence-electron chi connectivity index (χ3n) is 6.37. The molecule has 2 rings (SSSR count). The highest BCUT2D eigenvalue weighted by Gasteiger charge is 2.35. The summed E-state index contributed by atoms with van der Waals surface area (Å²) in [4.78, 5) is 0. The second-order valence-electron chi connectivity index (χ2n) is 8.20. The Labute approximate surface area is 144 Å². The first-order valence-corrected chi connectivity index (χ1v) is 10.2. The first kappa shape index (κ1) is 18.8. The normalized spacial score (nSPS) is 34.9. The lowest BCUT2D eigenvalue weighted by molar-refractivity contribution is -0.0184. The molecule has 2 saturated carbocycles. The van der Waals surface area contributed by atoms with E-state index in [9.17, 15) is 5.26 Å². The molecule has 23 heavy (non-hydrogen) atoms. The summed E-state index contributed by atoms with van der Waals surface area (Å²) >= 11 is 0. The third-order valence-corrected chi connectivity index (χ3v) is 6.37. The molecule has 0 aromatic carbocycles. The first-order chi connectivity index (χ1) is 11.2. The molecular weight excluding hydrogens is 282 g/mol. The molecule has 2 nitrogen and oxygen atoms in total. The van der Waals surface area contributed by atoms with Gasteiger partial charge in [-0.15, -0.1) is 0 Å². The minimum absolute atomic E-state index is 0.0336. The van der Waals surface area contributed by atoms with E-state index in [0.717, 1.165) is 50.5 Å². The van der Waals surface area contributed by atoms with Gasteiger partial charge in [0.15, 0.2) is 0 Å². The Morgan fingerprint density at radius 2 is 1.61 bits per heavy atom. The summed E-state index contributed by atoms with van der Waals surface area (Å²) in [5.74, 6) is 1.78. The van der Waals surface area contributed by atoms with E-state index in [2.05, 4.69) is 19.9 Å². The zero-order valence-electron chi connectivity index (χ0n) is 15.5. The summed E-state index contributed by atoms with van der Waals surface area (Å²) in [6.07, 6.45) is 16.6. The smallest absolute Gasteiger partial charge is 0.0689 e. The average Bonchev–Trinajstić information content (AvgIpc) is 2.61. The van der Waals surface area contributed by atoms with Crippen LogP contribution in [0.4, 0.5) is 0 Å². The average molecular weight is 320 g/mol. The van der Waals surface area contributed by atoms with E-state index < -0.39 is 0 Å². The van der Waals surface area contributed by atoms with Gasteiger partial charge in [-0.3, -0.25) is 0 Å². The van der Waals surface area contributed by atoms with E-state index in [1.54, 1.807) is 0 Å². The van der Waals surface area contributed by atoms with Crippen LogP contribution in [0.1, 0.15) is 97.3 Å². The Kier molecular flexibility index (Phi) is 7.90. The van der Waals surface area contributed by atoms with Crippen LogP contribution in [0.25, 0.3) is 0 Å². The van der Waals surface area contributed by atoms with Crippen molar-refractivity contribution in [3.05, 3.63) is 0 Å². The van der Waals surface area contributed by atoms with Gasteiger partial charge >= 0.3 is 0 Å². The molecule has 0 atom stereocenters. The fourth-order valence-corrected chi connectivity index (χ4v) is 4.61. The molecule has 0 saturated heterocycles. The Hall–Kier alpha value is -0.550. The SMILES string of the molecule is CCCC[C@]1(C#N)CC[C@H](OC[C@H]2CC[C@H](CCC)CC2)CC1. The maximum atomic E-state index is 9.57. The van der Waals surface area contributed by atoms with Crippen molar-refractivity contribution >= 4 is 0 Å². The molecule has 132 valence electrons. The van der Waals surface area contributed by atoms with E-state index in [0.29, 0.717) is 6.10 Å². The van der Waals surface area contributed by atoms with E-state index in [4.69, 9.17) is 4.74 Å². The first-order valence-electron chi connectivity index (χ1n) is 10.2. The van der Waals surface area contributed by atoms with Gasteiger partial charge < -0.3 is 4.74 Å². The molecule has 0 amide bonds. The maximum Gasteiger partial charge on any atom is 0.0689 e. The van der Waals surface area contributed by atoms with Crippen LogP contribution in [-0.2, 0) is 4.74 Å². The molecule has 2 fully saturated rings. The second kappa shape index (κ2) is 9.67. The quantitative estimate of drug-likeness (QED) is 0.529. The van der Waals surface area contributed by atoms with Gasteiger partial charge in [-0.2, -0.15) is 5.26 Å². The lowest BCUT2D eigenvalue weighted by atomic mass is 9.71. The molecule has 0 N–H and O–H groups in total. The van der Waals surface area contributed by atoms with Crippen molar-refractivity contribution < 1.29 is 4.74 Å². The molecule has 0 radical (unpaired) electrons. The Balaban J connectivity index is 1.64. The van der Waals surface area contributed by atoms with Crippen LogP contribution in [0.3, 0.4) is 0 Å². The Bertz CT molecular complexity index is 357. The monoisotopic (exact) mass is 319 g/mol. The molecule has 0 heterocycles. The van der Waals surface area contributed by atoms with Crippen molar-refractivity contribution in [2.75, 3.05) is 6.61 Å². The van der Waals surface area contributed by atoms with Gasteiger partial charge in [0.25, 0.3) is 0 Å². The molecule has 2 aliphatic carbocycles. The van der Waals surface area contributed by atoms with Gasteiger partial charge in [-0.1, -0.05) is 52.4 Å². The van der Waals surface area contributed by atoms with Crippen LogP contribution in [-0.4, -0.2) is 12.7 Å². The van der Waals surface area contributed by atoms with Crippen molar-refractivity contribution in [1.82, 2.24) is 0 Å². The molecule has 2 aliphatic rings. The molecular formula is C21H37NO. The van der Waals surface area contributed by atoms with Gasteiger partial charge in [0.1, 0.15) is 0 Å². The van der Waals surface area contributed by atoms with Crippen LogP contribution >= 0.6 is 0 Å². The number of nitriles is 1. The Morgan fingerprint density at radius 1 is 0.957 bits per heavy atom. The zero-order valence-corrected chi connectivity index (χ0v) is 15.5. The van der Waals surface area contributed by atoms with E-state index in [1.807, 2.05) is 0 Å². The second-order valence-corrected chi connectivity index (χ2v) is 8.20. The van der Waals surface area contributed by atoms with Crippen molar-refractivity contribution in [3.63, 3.8) is 0 Å². The summed E-state index contributed by atoms with van der Waals surface area (Å²) in [6.45, 7) is 5.49. The summed E-state index contributed by atoms with van der Waals surface area (Å²) in [6, 6.07) is 2.64. The number of nitrogens with zero attached hydrogens (tertiary/aromatic N) is 1. The van der Waals surface area contributed by atoms with Gasteiger partial charge in [-0.25, -0.2) is 0 Å². The van der Waals surface area contributed by atoms with Crippen LogP contribution in [0.15, 0.2) is 0 Å². The van der Waals surface area contributed by atoms with Crippen LogP contribution in [0.2, 0.25) is 0 Å². The van der Waals surface area contributed by atoms with Gasteiger partial charge in [0.2, 0.25) is 0 Å². The van der Waals surface area contributed by atoms with Crippen molar-refractivity contribution in [3.8, 4) is 6.07 Å². The van der Waals surface area contributed by atoms with E-state index in [1.165, 1.54) is 51.4 Å². The van der Waals surface area contributed by atoms with Gasteiger partial charge in [0.05, 0.1) is 17.6 Å².